The molecular formula is C20H30O12. The first kappa shape index (κ1) is 28.8. The van der Waals surface area contributed by atoms with Crippen LogP contribution in [-0.2, 0) is 57.2 Å². The summed E-state index contributed by atoms with van der Waals surface area (Å²) in [5.41, 5.74) is 0. The van der Waals surface area contributed by atoms with E-state index in [9.17, 15) is 28.8 Å². The van der Waals surface area contributed by atoms with Crippen molar-refractivity contribution >= 4 is 35.8 Å². The third-order valence-electron chi connectivity index (χ3n) is 3.53. The average molecular weight is 462 g/mol. The van der Waals surface area contributed by atoms with Gasteiger partial charge >= 0.3 is 35.8 Å². The van der Waals surface area contributed by atoms with Crippen LogP contribution in [0.25, 0.3) is 0 Å². The molecule has 0 N–H and O–H groups in total. The Hall–Kier alpha value is -3.18. The van der Waals surface area contributed by atoms with Crippen LogP contribution in [0.2, 0.25) is 0 Å². The Morgan fingerprint density at radius 2 is 0.625 bits per heavy atom. The predicted molar refractivity (Wildman–Crippen MR) is 105 cm³/mol. The largest absolute Gasteiger partial charge is 0.460 e. The van der Waals surface area contributed by atoms with Crippen LogP contribution in [0, 0.1) is 0 Å². The van der Waals surface area contributed by atoms with E-state index in [1.165, 1.54) is 34.6 Å². The SMILES string of the molecule is CC(=O)O[C@@H](C)C(=O)O[C@@H](C)C(=O)O[C@@H](C)C(=O)O[C@@H](C)C(=O)O[C@@H](C)C(=O)OC(C)C. The summed E-state index contributed by atoms with van der Waals surface area (Å²) in [7, 11) is 0. The summed E-state index contributed by atoms with van der Waals surface area (Å²) in [6.07, 6.45) is -7.12. The van der Waals surface area contributed by atoms with Gasteiger partial charge in [0.25, 0.3) is 0 Å². The minimum atomic E-state index is -1.45. The van der Waals surface area contributed by atoms with Gasteiger partial charge in [-0.15, -0.1) is 0 Å². The van der Waals surface area contributed by atoms with Crippen molar-refractivity contribution in [2.45, 2.75) is 92.0 Å². The van der Waals surface area contributed by atoms with Crippen LogP contribution in [-0.4, -0.2) is 72.4 Å². The van der Waals surface area contributed by atoms with Gasteiger partial charge in [0.15, 0.2) is 30.5 Å². The van der Waals surface area contributed by atoms with Crippen molar-refractivity contribution in [3.8, 4) is 0 Å². The molecule has 0 heterocycles. The molecule has 0 amide bonds. The zero-order valence-electron chi connectivity index (χ0n) is 19.4. The smallest absolute Gasteiger partial charge is 0.347 e. The molecule has 182 valence electrons. The van der Waals surface area contributed by atoms with Crippen LogP contribution in [0.5, 0.6) is 0 Å². The van der Waals surface area contributed by atoms with E-state index in [0.717, 1.165) is 6.92 Å². The Kier molecular flexibility index (Phi) is 12.0. The fraction of sp³-hybridized carbons (Fsp3) is 0.700. The second kappa shape index (κ2) is 13.3. The highest BCUT2D eigenvalue weighted by Gasteiger charge is 2.31. The molecule has 0 aliphatic heterocycles. The highest BCUT2D eigenvalue weighted by Crippen LogP contribution is 2.08. The normalized spacial score (nSPS) is 15.3. The molecule has 0 aromatic heterocycles. The number of carbonyl (C=O) groups excluding carboxylic acids is 6. The van der Waals surface area contributed by atoms with Gasteiger partial charge in [-0.1, -0.05) is 0 Å². The molecule has 0 saturated heterocycles. The molecule has 12 heteroatoms. The van der Waals surface area contributed by atoms with Crippen LogP contribution in [0.4, 0.5) is 0 Å². The third kappa shape index (κ3) is 10.7. The van der Waals surface area contributed by atoms with Crippen molar-refractivity contribution in [2.24, 2.45) is 0 Å². The van der Waals surface area contributed by atoms with E-state index in [1.54, 1.807) is 13.8 Å². The number of hydrogen-bond acceptors (Lipinski definition) is 12. The van der Waals surface area contributed by atoms with Crippen LogP contribution in [0.15, 0.2) is 0 Å². The average Bonchev–Trinajstić information content (AvgIpc) is 2.66. The number of hydrogen-bond donors (Lipinski definition) is 0. The zero-order valence-corrected chi connectivity index (χ0v) is 19.4. The van der Waals surface area contributed by atoms with Crippen LogP contribution in [0.3, 0.4) is 0 Å². The molecule has 0 aliphatic carbocycles. The molecule has 0 radical (unpaired) electrons. The Labute approximate surface area is 185 Å². The van der Waals surface area contributed by atoms with E-state index in [1.807, 2.05) is 0 Å². The quantitative estimate of drug-likeness (QED) is 0.312. The first-order valence-electron chi connectivity index (χ1n) is 9.85. The van der Waals surface area contributed by atoms with E-state index < -0.39 is 72.4 Å². The van der Waals surface area contributed by atoms with Gasteiger partial charge in [0, 0.05) is 6.92 Å². The second-order valence-corrected chi connectivity index (χ2v) is 7.05. The Morgan fingerprint density at radius 3 is 0.844 bits per heavy atom. The van der Waals surface area contributed by atoms with Crippen molar-refractivity contribution < 1.29 is 57.2 Å². The molecule has 5 atom stereocenters. The molecule has 0 spiro atoms. The summed E-state index contributed by atoms with van der Waals surface area (Å²) in [5.74, 6) is -5.61. The highest BCUT2D eigenvalue weighted by atomic mass is 16.6. The molecule has 0 aromatic rings. The standard InChI is InChI=1S/C20H30O12/c1-9(2)27-16(22)11(4)29-18(24)13(6)31-20(26)14(7)32-19(25)12(5)30-17(23)10(3)28-15(8)21/h9-14H,1-8H3/t10-,11-,12-,13-,14-/m0/s1. The van der Waals surface area contributed by atoms with Gasteiger partial charge < -0.3 is 28.4 Å². The van der Waals surface area contributed by atoms with Gasteiger partial charge in [0.05, 0.1) is 6.10 Å². The summed E-state index contributed by atoms with van der Waals surface area (Å²) in [6, 6.07) is 0. The van der Waals surface area contributed by atoms with Crippen molar-refractivity contribution in [1.82, 2.24) is 0 Å². The molecule has 0 aromatic carbocycles. The lowest BCUT2D eigenvalue weighted by Gasteiger charge is -2.20. The van der Waals surface area contributed by atoms with Crippen molar-refractivity contribution in [3.05, 3.63) is 0 Å². The Morgan fingerprint density at radius 1 is 0.406 bits per heavy atom. The minimum Gasteiger partial charge on any atom is -0.460 e. The van der Waals surface area contributed by atoms with Crippen molar-refractivity contribution in [2.75, 3.05) is 0 Å². The molecule has 0 aliphatic rings. The summed E-state index contributed by atoms with van der Waals surface area (Å²) in [5, 5.41) is 0. The maximum Gasteiger partial charge on any atom is 0.347 e. The van der Waals surface area contributed by atoms with Crippen molar-refractivity contribution in [1.29, 1.82) is 0 Å². The molecule has 32 heavy (non-hydrogen) atoms. The lowest BCUT2D eigenvalue weighted by Crippen LogP contribution is -2.38. The summed E-state index contributed by atoms with van der Waals surface area (Å²) >= 11 is 0. The summed E-state index contributed by atoms with van der Waals surface area (Å²) in [4.78, 5) is 70.3. The van der Waals surface area contributed by atoms with Gasteiger partial charge in [-0.3, -0.25) is 4.79 Å². The summed E-state index contributed by atoms with van der Waals surface area (Å²) in [6.45, 7) is 10.5. The Bertz CT molecular complexity index is 713. The summed E-state index contributed by atoms with van der Waals surface area (Å²) < 4.78 is 28.9. The lowest BCUT2D eigenvalue weighted by atomic mass is 10.3. The zero-order chi connectivity index (χ0) is 25.2. The minimum absolute atomic E-state index is 0.402. The molecule has 0 rings (SSSR count). The van der Waals surface area contributed by atoms with Gasteiger partial charge in [0.2, 0.25) is 0 Å². The second-order valence-electron chi connectivity index (χ2n) is 7.05. The fourth-order valence-corrected chi connectivity index (χ4v) is 1.90. The van der Waals surface area contributed by atoms with E-state index in [0.29, 0.717) is 0 Å². The van der Waals surface area contributed by atoms with E-state index in [-0.39, 0.29) is 0 Å². The molecule has 0 fully saturated rings. The lowest BCUT2D eigenvalue weighted by molar-refractivity contribution is -0.187. The van der Waals surface area contributed by atoms with Crippen LogP contribution < -0.4 is 0 Å². The highest BCUT2D eigenvalue weighted by molar-refractivity contribution is 5.86. The number of esters is 6. The Balaban J connectivity index is 4.63. The maximum absolute atomic E-state index is 12.1. The first-order chi connectivity index (χ1) is 14.6. The van der Waals surface area contributed by atoms with E-state index in [4.69, 9.17) is 23.7 Å². The van der Waals surface area contributed by atoms with Gasteiger partial charge in [0.1, 0.15) is 0 Å². The van der Waals surface area contributed by atoms with Crippen molar-refractivity contribution in [3.63, 3.8) is 0 Å². The molecule has 0 saturated carbocycles. The number of ether oxygens (including phenoxy) is 6. The maximum atomic E-state index is 12.1. The molecule has 12 nitrogen and oxygen atoms in total. The molecule has 0 unspecified atom stereocenters. The topological polar surface area (TPSA) is 158 Å². The van der Waals surface area contributed by atoms with Crippen LogP contribution >= 0.6 is 0 Å². The molecule has 0 bridgehead atoms. The van der Waals surface area contributed by atoms with Gasteiger partial charge in [-0.25, -0.2) is 24.0 Å². The van der Waals surface area contributed by atoms with E-state index >= 15 is 0 Å². The number of carbonyl (C=O) groups is 6. The monoisotopic (exact) mass is 462 g/mol. The predicted octanol–water partition coefficient (Wildman–Crippen LogP) is 0.616. The fourth-order valence-electron chi connectivity index (χ4n) is 1.90. The van der Waals surface area contributed by atoms with Crippen LogP contribution in [0.1, 0.15) is 55.4 Å². The van der Waals surface area contributed by atoms with E-state index in [2.05, 4.69) is 4.74 Å². The van der Waals surface area contributed by atoms with Gasteiger partial charge in [-0.2, -0.15) is 0 Å². The third-order valence-corrected chi connectivity index (χ3v) is 3.53. The molecular weight excluding hydrogens is 432 g/mol. The first-order valence-corrected chi connectivity index (χ1v) is 9.85. The number of rotatable bonds is 11. The van der Waals surface area contributed by atoms with Gasteiger partial charge in [-0.05, 0) is 48.5 Å².